The summed E-state index contributed by atoms with van der Waals surface area (Å²) >= 11 is 0. The Hall–Kier alpha value is -1.71. The lowest BCUT2D eigenvalue weighted by molar-refractivity contribution is 0.0526. The third kappa shape index (κ3) is 3.12. The third-order valence-electron chi connectivity index (χ3n) is 2.45. The minimum Gasteiger partial charge on any atom is -0.462 e. The van der Waals surface area contributed by atoms with E-state index in [1.807, 2.05) is 50.1 Å². The van der Waals surface area contributed by atoms with Gasteiger partial charge in [-0.25, -0.2) is 4.79 Å². The molecular weight excluding hydrogens is 216 g/mol. The Labute approximate surface area is 103 Å². The van der Waals surface area contributed by atoms with Crippen LogP contribution >= 0.6 is 0 Å². The van der Waals surface area contributed by atoms with Gasteiger partial charge in [0.05, 0.1) is 23.5 Å². The quantitative estimate of drug-likeness (QED) is 0.749. The van der Waals surface area contributed by atoms with E-state index in [9.17, 15) is 4.79 Å². The molecule has 0 N–H and O–H groups in total. The smallest absolute Gasteiger partial charge is 0.338 e. The molecule has 1 aromatic carbocycles. The number of carbonyl (C=O) groups is 1. The number of hydrogen-bond acceptors (Lipinski definition) is 4. The number of nitrogens with zero attached hydrogens (tertiary/aromatic N) is 2. The van der Waals surface area contributed by atoms with Gasteiger partial charge in [-0.3, -0.25) is 0 Å². The Morgan fingerprint density at radius 2 is 1.71 bits per heavy atom. The Morgan fingerprint density at radius 3 is 2.18 bits per heavy atom. The monoisotopic (exact) mass is 236 g/mol. The molecule has 0 radical (unpaired) electrons. The van der Waals surface area contributed by atoms with Crippen molar-refractivity contribution in [2.75, 3.05) is 44.6 Å². The lowest BCUT2D eigenvalue weighted by atomic mass is 10.1. The van der Waals surface area contributed by atoms with E-state index in [-0.39, 0.29) is 5.97 Å². The third-order valence-corrected chi connectivity index (χ3v) is 2.45. The van der Waals surface area contributed by atoms with Gasteiger partial charge in [0, 0.05) is 28.2 Å². The predicted molar refractivity (Wildman–Crippen MR) is 71.1 cm³/mol. The van der Waals surface area contributed by atoms with Crippen LogP contribution in [0, 0.1) is 0 Å². The Morgan fingerprint density at radius 1 is 1.12 bits per heavy atom. The van der Waals surface area contributed by atoms with Crippen molar-refractivity contribution in [2.24, 2.45) is 0 Å². The summed E-state index contributed by atoms with van der Waals surface area (Å²) in [4.78, 5) is 15.6. The van der Waals surface area contributed by atoms with Crippen LogP contribution in [0.1, 0.15) is 17.3 Å². The van der Waals surface area contributed by atoms with E-state index in [0.29, 0.717) is 12.2 Å². The first-order chi connectivity index (χ1) is 7.97. The zero-order valence-corrected chi connectivity index (χ0v) is 11.2. The van der Waals surface area contributed by atoms with Crippen LogP contribution in [0.2, 0.25) is 0 Å². The minimum absolute atomic E-state index is 0.277. The fraction of sp³-hybridized carbons (Fsp3) is 0.462. The number of anilines is 2. The lowest BCUT2D eigenvalue weighted by Crippen LogP contribution is -2.17. The van der Waals surface area contributed by atoms with Crippen molar-refractivity contribution >= 4 is 17.3 Å². The van der Waals surface area contributed by atoms with Crippen molar-refractivity contribution in [1.29, 1.82) is 0 Å². The van der Waals surface area contributed by atoms with Crippen LogP contribution in [0.15, 0.2) is 18.2 Å². The van der Waals surface area contributed by atoms with Crippen LogP contribution in [0.3, 0.4) is 0 Å². The first kappa shape index (κ1) is 13.4. The molecule has 0 aromatic heterocycles. The molecule has 0 heterocycles. The van der Waals surface area contributed by atoms with Gasteiger partial charge in [0.1, 0.15) is 0 Å². The van der Waals surface area contributed by atoms with Crippen LogP contribution in [0.25, 0.3) is 0 Å². The van der Waals surface area contributed by atoms with Gasteiger partial charge < -0.3 is 14.5 Å². The van der Waals surface area contributed by atoms with Gasteiger partial charge in [0.25, 0.3) is 0 Å². The summed E-state index contributed by atoms with van der Waals surface area (Å²) < 4.78 is 4.99. The van der Waals surface area contributed by atoms with Gasteiger partial charge in [-0.15, -0.1) is 0 Å². The van der Waals surface area contributed by atoms with Gasteiger partial charge in [0.2, 0.25) is 0 Å². The number of rotatable bonds is 4. The Bertz CT molecular complexity index is 400. The topological polar surface area (TPSA) is 32.8 Å². The molecule has 0 atom stereocenters. The first-order valence-corrected chi connectivity index (χ1v) is 5.63. The zero-order valence-electron chi connectivity index (χ0n) is 11.2. The maximum Gasteiger partial charge on any atom is 0.338 e. The lowest BCUT2D eigenvalue weighted by Gasteiger charge is -2.23. The van der Waals surface area contributed by atoms with Crippen molar-refractivity contribution in [1.82, 2.24) is 0 Å². The van der Waals surface area contributed by atoms with E-state index in [4.69, 9.17) is 4.74 Å². The summed E-state index contributed by atoms with van der Waals surface area (Å²) in [5.41, 5.74) is 2.66. The summed E-state index contributed by atoms with van der Waals surface area (Å²) in [6.07, 6.45) is 0. The molecule has 0 amide bonds. The SMILES string of the molecule is CCOC(=O)c1ccc(N(C)C)c(N(C)C)c1. The van der Waals surface area contributed by atoms with Crippen LogP contribution in [-0.2, 0) is 4.74 Å². The average Bonchev–Trinajstić information content (AvgIpc) is 2.28. The summed E-state index contributed by atoms with van der Waals surface area (Å²) in [5.74, 6) is -0.277. The molecule has 17 heavy (non-hydrogen) atoms. The maximum atomic E-state index is 11.6. The van der Waals surface area contributed by atoms with Crippen molar-refractivity contribution in [3.63, 3.8) is 0 Å². The van der Waals surface area contributed by atoms with E-state index in [2.05, 4.69) is 0 Å². The standard InChI is InChI=1S/C13H20N2O2/c1-6-17-13(16)10-7-8-11(14(2)3)12(9-10)15(4)5/h7-9H,6H2,1-5H3. The van der Waals surface area contributed by atoms with E-state index in [1.54, 1.807) is 13.0 Å². The first-order valence-electron chi connectivity index (χ1n) is 5.63. The van der Waals surface area contributed by atoms with E-state index >= 15 is 0 Å². The molecule has 0 aliphatic heterocycles. The number of ether oxygens (including phenoxy) is 1. The van der Waals surface area contributed by atoms with E-state index in [1.165, 1.54) is 0 Å². The predicted octanol–water partition coefficient (Wildman–Crippen LogP) is 2.00. The van der Waals surface area contributed by atoms with Gasteiger partial charge in [0.15, 0.2) is 0 Å². The van der Waals surface area contributed by atoms with E-state index in [0.717, 1.165) is 11.4 Å². The molecule has 0 spiro atoms. The molecule has 0 aliphatic rings. The summed E-state index contributed by atoms with van der Waals surface area (Å²) in [6.45, 7) is 2.20. The normalized spacial score (nSPS) is 9.94. The van der Waals surface area contributed by atoms with Crippen LogP contribution in [0.5, 0.6) is 0 Å². The van der Waals surface area contributed by atoms with E-state index < -0.39 is 0 Å². The molecule has 4 heteroatoms. The molecule has 0 unspecified atom stereocenters. The summed E-state index contributed by atoms with van der Waals surface area (Å²) in [5, 5.41) is 0. The highest BCUT2D eigenvalue weighted by molar-refractivity contribution is 5.92. The Balaban J connectivity index is 3.14. The van der Waals surface area contributed by atoms with Gasteiger partial charge in [-0.2, -0.15) is 0 Å². The summed E-state index contributed by atoms with van der Waals surface area (Å²) in [7, 11) is 7.87. The fourth-order valence-corrected chi connectivity index (χ4v) is 1.60. The van der Waals surface area contributed by atoms with Crippen molar-refractivity contribution in [3.05, 3.63) is 23.8 Å². The van der Waals surface area contributed by atoms with Crippen molar-refractivity contribution in [3.8, 4) is 0 Å². The van der Waals surface area contributed by atoms with Crippen molar-refractivity contribution < 1.29 is 9.53 Å². The molecule has 94 valence electrons. The highest BCUT2D eigenvalue weighted by atomic mass is 16.5. The second-order valence-electron chi connectivity index (χ2n) is 4.21. The second kappa shape index (κ2) is 5.57. The largest absolute Gasteiger partial charge is 0.462 e. The number of esters is 1. The fourth-order valence-electron chi connectivity index (χ4n) is 1.60. The van der Waals surface area contributed by atoms with Crippen LogP contribution in [-0.4, -0.2) is 40.8 Å². The molecule has 0 saturated carbocycles. The molecule has 1 aromatic rings. The summed E-state index contributed by atoms with van der Waals surface area (Å²) in [6, 6.07) is 5.58. The number of benzene rings is 1. The minimum atomic E-state index is -0.277. The van der Waals surface area contributed by atoms with Crippen LogP contribution < -0.4 is 9.80 Å². The van der Waals surface area contributed by atoms with Gasteiger partial charge >= 0.3 is 5.97 Å². The number of hydrogen-bond donors (Lipinski definition) is 0. The highest BCUT2D eigenvalue weighted by Crippen LogP contribution is 2.28. The molecule has 4 nitrogen and oxygen atoms in total. The molecule has 0 aliphatic carbocycles. The van der Waals surface area contributed by atoms with Crippen molar-refractivity contribution in [2.45, 2.75) is 6.92 Å². The zero-order chi connectivity index (χ0) is 13.0. The van der Waals surface area contributed by atoms with Gasteiger partial charge in [-0.1, -0.05) is 0 Å². The number of carbonyl (C=O) groups excluding carboxylic acids is 1. The Kier molecular flexibility index (Phi) is 4.37. The maximum absolute atomic E-state index is 11.6. The molecule has 0 bridgehead atoms. The second-order valence-corrected chi connectivity index (χ2v) is 4.21. The molecular formula is C13H20N2O2. The van der Waals surface area contributed by atoms with Gasteiger partial charge in [-0.05, 0) is 25.1 Å². The van der Waals surface area contributed by atoms with Crippen LogP contribution in [0.4, 0.5) is 11.4 Å². The highest BCUT2D eigenvalue weighted by Gasteiger charge is 2.12. The average molecular weight is 236 g/mol. The molecule has 0 fully saturated rings. The molecule has 0 saturated heterocycles. The molecule has 1 rings (SSSR count).